The summed E-state index contributed by atoms with van der Waals surface area (Å²) in [4.78, 5) is 0. The second kappa shape index (κ2) is 5.55. The van der Waals surface area contributed by atoms with Crippen LogP contribution in [-0.4, -0.2) is 13.7 Å². The Labute approximate surface area is 119 Å². The molecule has 20 heavy (non-hydrogen) atoms. The lowest BCUT2D eigenvalue weighted by Gasteiger charge is -2.18. The number of hydrogen-bond acceptors (Lipinski definition) is 3. The van der Waals surface area contributed by atoms with E-state index >= 15 is 0 Å². The SMILES string of the molecule is COc1ccc(-c2ccc3c(c2)CCCO3)cc1CN. The topological polar surface area (TPSA) is 44.5 Å². The van der Waals surface area contributed by atoms with Crippen molar-refractivity contribution < 1.29 is 9.47 Å². The largest absolute Gasteiger partial charge is 0.496 e. The first-order valence-corrected chi connectivity index (χ1v) is 6.95. The van der Waals surface area contributed by atoms with Crippen molar-refractivity contribution in [3.05, 3.63) is 47.5 Å². The average molecular weight is 269 g/mol. The summed E-state index contributed by atoms with van der Waals surface area (Å²) in [5.74, 6) is 1.87. The standard InChI is InChI=1S/C17H19NO2/c1-19-16-6-4-13(10-15(16)11-18)12-5-7-17-14(9-12)3-2-8-20-17/h4-7,9-10H,2-3,8,11,18H2,1H3. The maximum absolute atomic E-state index is 5.78. The predicted octanol–water partition coefficient (Wildman–Crippen LogP) is 3.15. The summed E-state index contributed by atoms with van der Waals surface area (Å²) >= 11 is 0. The minimum Gasteiger partial charge on any atom is -0.496 e. The fraction of sp³-hybridized carbons (Fsp3) is 0.294. The van der Waals surface area contributed by atoms with E-state index in [1.54, 1.807) is 7.11 Å². The van der Waals surface area contributed by atoms with Crippen LogP contribution in [0.25, 0.3) is 11.1 Å². The molecule has 1 aliphatic rings. The molecule has 0 unspecified atom stereocenters. The minimum absolute atomic E-state index is 0.477. The third-order valence-corrected chi connectivity index (χ3v) is 3.74. The Morgan fingerprint density at radius 2 is 1.95 bits per heavy atom. The van der Waals surface area contributed by atoms with Gasteiger partial charge < -0.3 is 15.2 Å². The predicted molar refractivity (Wildman–Crippen MR) is 80.1 cm³/mol. The molecule has 2 N–H and O–H groups in total. The van der Waals surface area contributed by atoms with Crippen molar-refractivity contribution >= 4 is 0 Å². The van der Waals surface area contributed by atoms with Gasteiger partial charge in [0.2, 0.25) is 0 Å². The second-order valence-electron chi connectivity index (χ2n) is 5.01. The van der Waals surface area contributed by atoms with Gasteiger partial charge in [-0.3, -0.25) is 0 Å². The molecule has 0 aromatic heterocycles. The zero-order valence-corrected chi connectivity index (χ0v) is 11.7. The fourth-order valence-electron chi connectivity index (χ4n) is 2.66. The normalized spacial score (nSPS) is 13.5. The summed E-state index contributed by atoms with van der Waals surface area (Å²) in [7, 11) is 1.67. The molecule has 3 rings (SSSR count). The Kier molecular flexibility index (Phi) is 3.61. The summed E-state index contributed by atoms with van der Waals surface area (Å²) < 4.78 is 11.0. The fourth-order valence-corrected chi connectivity index (χ4v) is 2.66. The molecule has 0 saturated heterocycles. The quantitative estimate of drug-likeness (QED) is 0.931. The van der Waals surface area contributed by atoms with E-state index in [-0.39, 0.29) is 0 Å². The highest BCUT2D eigenvalue weighted by molar-refractivity contribution is 5.68. The van der Waals surface area contributed by atoms with E-state index in [0.717, 1.165) is 36.5 Å². The van der Waals surface area contributed by atoms with E-state index in [1.165, 1.54) is 16.7 Å². The molecule has 0 radical (unpaired) electrons. The van der Waals surface area contributed by atoms with Crippen LogP contribution in [0.2, 0.25) is 0 Å². The van der Waals surface area contributed by atoms with Crippen LogP contribution in [0.4, 0.5) is 0 Å². The molecule has 0 amide bonds. The van der Waals surface area contributed by atoms with Crippen LogP contribution in [0.3, 0.4) is 0 Å². The molecule has 0 fully saturated rings. The summed E-state index contributed by atoms with van der Waals surface area (Å²) in [6.45, 7) is 1.30. The highest BCUT2D eigenvalue weighted by atomic mass is 16.5. The Morgan fingerprint density at radius 3 is 2.75 bits per heavy atom. The zero-order valence-electron chi connectivity index (χ0n) is 11.7. The Bertz CT molecular complexity index is 585. The van der Waals surface area contributed by atoms with Crippen LogP contribution in [0, 0.1) is 0 Å². The molecule has 3 heteroatoms. The number of fused-ring (bicyclic) bond motifs is 1. The first-order chi connectivity index (χ1) is 9.81. The van der Waals surface area contributed by atoms with Crippen molar-refractivity contribution in [1.82, 2.24) is 0 Å². The van der Waals surface area contributed by atoms with Crippen LogP contribution in [0.1, 0.15) is 17.5 Å². The highest BCUT2D eigenvalue weighted by Crippen LogP contribution is 2.32. The van der Waals surface area contributed by atoms with Gasteiger partial charge in [-0.05, 0) is 53.8 Å². The first-order valence-electron chi connectivity index (χ1n) is 6.95. The Morgan fingerprint density at radius 1 is 1.15 bits per heavy atom. The Balaban J connectivity index is 2.00. The van der Waals surface area contributed by atoms with Gasteiger partial charge in [-0.1, -0.05) is 12.1 Å². The van der Waals surface area contributed by atoms with Gasteiger partial charge in [-0.15, -0.1) is 0 Å². The maximum atomic E-state index is 5.78. The van der Waals surface area contributed by atoms with Crippen molar-refractivity contribution in [1.29, 1.82) is 0 Å². The molecule has 0 atom stereocenters. The lowest BCUT2D eigenvalue weighted by Crippen LogP contribution is -2.08. The van der Waals surface area contributed by atoms with Crippen LogP contribution in [0.5, 0.6) is 11.5 Å². The molecule has 0 saturated carbocycles. The summed E-state index contributed by atoms with van der Waals surface area (Å²) in [5.41, 5.74) is 10.5. The van der Waals surface area contributed by atoms with Crippen molar-refractivity contribution in [3.8, 4) is 22.6 Å². The van der Waals surface area contributed by atoms with E-state index in [9.17, 15) is 0 Å². The summed E-state index contributed by atoms with van der Waals surface area (Å²) in [5, 5.41) is 0. The van der Waals surface area contributed by atoms with Gasteiger partial charge in [-0.2, -0.15) is 0 Å². The molecular weight excluding hydrogens is 250 g/mol. The Hall–Kier alpha value is -2.00. The summed E-state index contributed by atoms with van der Waals surface area (Å²) in [6.07, 6.45) is 2.18. The number of ether oxygens (including phenoxy) is 2. The van der Waals surface area contributed by atoms with Gasteiger partial charge in [0.05, 0.1) is 13.7 Å². The van der Waals surface area contributed by atoms with Crippen LogP contribution in [-0.2, 0) is 13.0 Å². The molecule has 104 valence electrons. The number of nitrogens with two attached hydrogens (primary N) is 1. The molecule has 3 nitrogen and oxygen atoms in total. The van der Waals surface area contributed by atoms with Crippen molar-refractivity contribution in [2.75, 3.05) is 13.7 Å². The van der Waals surface area contributed by atoms with E-state index in [4.69, 9.17) is 15.2 Å². The van der Waals surface area contributed by atoms with Gasteiger partial charge in [0, 0.05) is 12.1 Å². The molecular formula is C17H19NO2. The van der Waals surface area contributed by atoms with E-state index in [0.29, 0.717) is 6.54 Å². The van der Waals surface area contributed by atoms with Crippen molar-refractivity contribution in [2.24, 2.45) is 5.73 Å². The maximum Gasteiger partial charge on any atom is 0.123 e. The van der Waals surface area contributed by atoms with Crippen molar-refractivity contribution in [2.45, 2.75) is 19.4 Å². The second-order valence-corrected chi connectivity index (χ2v) is 5.01. The van der Waals surface area contributed by atoms with Gasteiger partial charge >= 0.3 is 0 Å². The van der Waals surface area contributed by atoms with E-state index in [2.05, 4.69) is 30.3 Å². The number of benzene rings is 2. The molecule has 0 aliphatic carbocycles. The number of hydrogen-bond donors (Lipinski definition) is 1. The number of methoxy groups -OCH3 is 1. The van der Waals surface area contributed by atoms with Gasteiger partial charge in [0.1, 0.15) is 11.5 Å². The van der Waals surface area contributed by atoms with Crippen LogP contribution >= 0.6 is 0 Å². The van der Waals surface area contributed by atoms with Gasteiger partial charge in [-0.25, -0.2) is 0 Å². The molecule has 1 heterocycles. The molecule has 1 aliphatic heterocycles. The smallest absolute Gasteiger partial charge is 0.123 e. The number of rotatable bonds is 3. The molecule has 2 aromatic carbocycles. The minimum atomic E-state index is 0.477. The third-order valence-electron chi connectivity index (χ3n) is 3.74. The lowest BCUT2D eigenvalue weighted by molar-refractivity contribution is 0.288. The monoisotopic (exact) mass is 269 g/mol. The van der Waals surface area contributed by atoms with Crippen LogP contribution in [0.15, 0.2) is 36.4 Å². The lowest BCUT2D eigenvalue weighted by atomic mass is 9.97. The third kappa shape index (κ3) is 2.37. The number of aryl methyl sites for hydroxylation is 1. The van der Waals surface area contributed by atoms with Gasteiger partial charge in [0.15, 0.2) is 0 Å². The van der Waals surface area contributed by atoms with E-state index in [1.807, 2.05) is 6.07 Å². The summed E-state index contributed by atoms with van der Waals surface area (Å²) in [6, 6.07) is 12.5. The zero-order chi connectivity index (χ0) is 13.9. The van der Waals surface area contributed by atoms with Gasteiger partial charge in [0.25, 0.3) is 0 Å². The molecule has 2 aromatic rings. The first kappa shape index (κ1) is 13.0. The highest BCUT2D eigenvalue weighted by Gasteiger charge is 2.12. The van der Waals surface area contributed by atoms with E-state index < -0.39 is 0 Å². The van der Waals surface area contributed by atoms with Crippen LogP contribution < -0.4 is 15.2 Å². The molecule has 0 bridgehead atoms. The average Bonchev–Trinajstić information content (AvgIpc) is 2.53. The molecule has 0 spiro atoms. The van der Waals surface area contributed by atoms with Crippen molar-refractivity contribution in [3.63, 3.8) is 0 Å².